The summed E-state index contributed by atoms with van der Waals surface area (Å²) in [6, 6.07) is 2.08. The lowest BCUT2D eigenvalue weighted by Gasteiger charge is -2.27. The summed E-state index contributed by atoms with van der Waals surface area (Å²) in [7, 11) is 4.06. The topological polar surface area (TPSA) is 72.9 Å². The number of hydrogen-bond acceptors (Lipinski definition) is 6. The van der Waals surface area contributed by atoms with Gasteiger partial charge in [-0.25, -0.2) is 9.97 Å². The highest BCUT2D eigenvalue weighted by Crippen LogP contribution is 2.34. The molecule has 0 saturated heterocycles. The molecule has 4 rings (SSSR count). The number of likely N-dealkylation sites (N-methyl/N-ethyl adjacent to an activating group) is 1. The number of aromatic nitrogens is 5. The first-order valence-corrected chi connectivity index (χ1v) is 9.85. The molecule has 0 bridgehead atoms. The first-order valence-electron chi connectivity index (χ1n) is 9.85. The molecular formula is C21H26N6O. The monoisotopic (exact) mass is 378 g/mol. The largest absolute Gasteiger partial charge is 0.339 e. The van der Waals surface area contributed by atoms with Crippen molar-refractivity contribution >= 4 is 16.9 Å². The van der Waals surface area contributed by atoms with Crippen LogP contribution in [0.5, 0.6) is 0 Å². The Morgan fingerprint density at radius 3 is 2.93 bits per heavy atom. The van der Waals surface area contributed by atoms with E-state index in [-0.39, 0.29) is 5.92 Å². The number of rotatable bonds is 6. The summed E-state index contributed by atoms with van der Waals surface area (Å²) in [6.45, 7) is 4.29. The van der Waals surface area contributed by atoms with Gasteiger partial charge in [-0.05, 0) is 24.8 Å². The normalized spacial score (nSPS) is 16.9. The zero-order valence-corrected chi connectivity index (χ0v) is 16.9. The van der Waals surface area contributed by atoms with Crippen molar-refractivity contribution in [1.82, 2.24) is 24.7 Å². The number of allylic oxidation sites excluding steroid dienone is 3. The van der Waals surface area contributed by atoms with Gasteiger partial charge in [-0.1, -0.05) is 31.2 Å². The van der Waals surface area contributed by atoms with Gasteiger partial charge in [-0.15, -0.1) is 0 Å². The van der Waals surface area contributed by atoms with Gasteiger partial charge < -0.3 is 14.0 Å². The molecule has 0 fully saturated rings. The van der Waals surface area contributed by atoms with E-state index in [9.17, 15) is 0 Å². The summed E-state index contributed by atoms with van der Waals surface area (Å²) in [4.78, 5) is 15.7. The Morgan fingerprint density at radius 2 is 2.14 bits per heavy atom. The Hall–Kier alpha value is -2.96. The summed E-state index contributed by atoms with van der Waals surface area (Å²) in [5, 5.41) is 4.20. The number of aryl methyl sites for hydroxylation is 2. The van der Waals surface area contributed by atoms with Gasteiger partial charge in [0.25, 0.3) is 0 Å². The number of hydrogen-bond donors (Lipinski definition) is 0. The van der Waals surface area contributed by atoms with Crippen molar-refractivity contribution in [3.63, 3.8) is 0 Å². The molecule has 7 heteroatoms. The van der Waals surface area contributed by atoms with E-state index in [1.165, 1.54) is 11.3 Å². The molecule has 0 amide bonds. The van der Waals surface area contributed by atoms with Crippen LogP contribution in [0.25, 0.3) is 11.0 Å². The van der Waals surface area contributed by atoms with Gasteiger partial charge >= 0.3 is 0 Å². The highest BCUT2D eigenvalue weighted by atomic mass is 16.5. The Balaban J connectivity index is 1.59. The van der Waals surface area contributed by atoms with Crippen molar-refractivity contribution in [3.8, 4) is 0 Å². The summed E-state index contributed by atoms with van der Waals surface area (Å²) >= 11 is 0. The Labute approximate surface area is 164 Å². The standard InChI is InChI=1S/C21H26N6O/c1-5-7-20-24-21(25-28-20)15-8-9-17(14(6-2)10-15)27(4)19-11-18-16(12-22-19)23-13-26(18)3/h9-13,15H,5-8H2,1-4H3. The summed E-state index contributed by atoms with van der Waals surface area (Å²) in [6.07, 6.45) is 11.8. The Kier molecular flexibility index (Phi) is 4.98. The van der Waals surface area contributed by atoms with Crippen LogP contribution in [0.15, 0.2) is 46.5 Å². The fraction of sp³-hybridized carbons (Fsp3) is 0.429. The minimum absolute atomic E-state index is 0.161. The number of imidazole rings is 1. The lowest BCUT2D eigenvalue weighted by molar-refractivity contribution is 0.370. The van der Waals surface area contributed by atoms with Crippen molar-refractivity contribution in [2.24, 2.45) is 7.05 Å². The van der Waals surface area contributed by atoms with Crippen LogP contribution in [0.3, 0.4) is 0 Å². The molecule has 3 heterocycles. The van der Waals surface area contributed by atoms with E-state index in [4.69, 9.17) is 4.52 Å². The van der Waals surface area contributed by atoms with Gasteiger partial charge in [0.15, 0.2) is 5.82 Å². The highest BCUT2D eigenvalue weighted by Gasteiger charge is 2.23. The van der Waals surface area contributed by atoms with Crippen LogP contribution in [0.2, 0.25) is 0 Å². The molecule has 0 aliphatic heterocycles. The molecule has 1 aliphatic carbocycles. The third-order valence-electron chi connectivity index (χ3n) is 5.26. The number of pyridine rings is 1. The van der Waals surface area contributed by atoms with Crippen LogP contribution in [0, 0.1) is 0 Å². The van der Waals surface area contributed by atoms with Crippen molar-refractivity contribution in [2.45, 2.75) is 45.4 Å². The average molecular weight is 378 g/mol. The maximum absolute atomic E-state index is 5.38. The SMILES string of the molecule is CCCc1nc(C2C=C(CC)C(N(C)c3cc4c(cn3)ncn4C)=CC2)no1. The summed E-state index contributed by atoms with van der Waals surface area (Å²) in [5.74, 6) is 2.57. The van der Waals surface area contributed by atoms with E-state index in [0.717, 1.165) is 54.2 Å². The van der Waals surface area contributed by atoms with Gasteiger partial charge in [0.05, 0.1) is 18.0 Å². The zero-order valence-electron chi connectivity index (χ0n) is 16.9. The molecule has 146 valence electrons. The van der Waals surface area contributed by atoms with E-state index in [1.807, 2.05) is 24.1 Å². The van der Waals surface area contributed by atoms with E-state index >= 15 is 0 Å². The molecule has 7 nitrogen and oxygen atoms in total. The molecule has 0 aromatic carbocycles. The molecule has 1 atom stereocenters. The Bertz CT molecular complexity index is 1040. The van der Waals surface area contributed by atoms with E-state index < -0.39 is 0 Å². The van der Waals surface area contributed by atoms with E-state index in [2.05, 4.69) is 64.1 Å². The number of fused-ring (bicyclic) bond motifs is 1. The molecule has 28 heavy (non-hydrogen) atoms. The van der Waals surface area contributed by atoms with E-state index in [1.54, 1.807) is 0 Å². The highest BCUT2D eigenvalue weighted by molar-refractivity contribution is 5.78. The number of anilines is 1. The predicted octanol–water partition coefficient (Wildman–Crippen LogP) is 4.15. The Morgan fingerprint density at radius 1 is 1.29 bits per heavy atom. The maximum atomic E-state index is 5.38. The van der Waals surface area contributed by atoms with E-state index in [0.29, 0.717) is 0 Å². The molecule has 1 unspecified atom stereocenters. The van der Waals surface area contributed by atoms with Gasteiger partial charge in [-0.2, -0.15) is 4.98 Å². The molecular weight excluding hydrogens is 352 g/mol. The molecule has 1 aliphatic rings. The van der Waals surface area contributed by atoms with Crippen LogP contribution in [-0.4, -0.2) is 31.7 Å². The summed E-state index contributed by atoms with van der Waals surface area (Å²) < 4.78 is 7.39. The minimum Gasteiger partial charge on any atom is -0.339 e. The van der Waals surface area contributed by atoms with Crippen molar-refractivity contribution < 1.29 is 4.52 Å². The average Bonchev–Trinajstić information content (AvgIpc) is 3.34. The lowest BCUT2D eigenvalue weighted by Crippen LogP contribution is -2.21. The maximum Gasteiger partial charge on any atom is 0.226 e. The molecule has 0 saturated carbocycles. The second-order valence-corrected chi connectivity index (χ2v) is 7.22. The molecule has 0 spiro atoms. The lowest BCUT2D eigenvalue weighted by atomic mass is 9.91. The van der Waals surface area contributed by atoms with Crippen LogP contribution in [0.1, 0.15) is 50.7 Å². The third kappa shape index (κ3) is 3.32. The van der Waals surface area contributed by atoms with Gasteiger partial charge in [0, 0.05) is 38.2 Å². The van der Waals surface area contributed by atoms with Gasteiger partial charge in [0.1, 0.15) is 11.3 Å². The molecule has 0 N–H and O–H groups in total. The fourth-order valence-electron chi connectivity index (χ4n) is 3.66. The van der Waals surface area contributed by atoms with Gasteiger partial charge in [0.2, 0.25) is 5.89 Å². The van der Waals surface area contributed by atoms with Gasteiger partial charge in [-0.3, -0.25) is 0 Å². The van der Waals surface area contributed by atoms with Crippen LogP contribution in [-0.2, 0) is 13.5 Å². The molecule has 3 aromatic rings. The van der Waals surface area contributed by atoms with Crippen LogP contribution in [0.4, 0.5) is 5.82 Å². The fourth-order valence-corrected chi connectivity index (χ4v) is 3.66. The first kappa shape index (κ1) is 18.4. The second kappa shape index (κ2) is 7.58. The predicted molar refractivity (Wildman–Crippen MR) is 109 cm³/mol. The zero-order chi connectivity index (χ0) is 19.7. The van der Waals surface area contributed by atoms with Crippen molar-refractivity contribution in [1.29, 1.82) is 0 Å². The quantitative estimate of drug-likeness (QED) is 0.642. The second-order valence-electron chi connectivity index (χ2n) is 7.22. The van der Waals surface area contributed by atoms with Crippen molar-refractivity contribution in [2.75, 3.05) is 11.9 Å². The third-order valence-corrected chi connectivity index (χ3v) is 5.26. The molecule has 0 radical (unpaired) electrons. The van der Waals surface area contributed by atoms with Crippen LogP contribution < -0.4 is 4.90 Å². The van der Waals surface area contributed by atoms with Crippen LogP contribution >= 0.6 is 0 Å². The molecule has 3 aromatic heterocycles. The smallest absolute Gasteiger partial charge is 0.226 e. The first-order chi connectivity index (χ1) is 13.6. The minimum atomic E-state index is 0.161. The summed E-state index contributed by atoms with van der Waals surface area (Å²) in [5.41, 5.74) is 4.43. The number of nitrogens with zero attached hydrogens (tertiary/aromatic N) is 6. The van der Waals surface area contributed by atoms with Crippen molar-refractivity contribution in [3.05, 3.63) is 53.7 Å².